The van der Waals surface area contributed by atoms with Gasteiger partial charge in [0.2, 0.25) is 5.91 Å². The number of anilines is 1. The molecule has 2 atom stereocenters. The molecule has 2 saturated heterocycles. The first-order valence-corrected chi connectivity index (χ1v) is 7.37. The largest absolute Gasteiger partial charge is 0.354 e. The van der Waals surface area contributed by atoms with Crippen LogP contribution in [0.15, 0.2) is 18.3 Å². The Morgan fingerprint density at radius 1 is 1.50 bits per heavy atom. The molecular weight excluding hydrogens is 254 g/mol. The molecule has 1 aromatic heterocycles. The lowest BCUT2D eigenvalue weighted by Crippen LogP contribution is -2.42. The Labute approximate surface area is 118 Å². The third kappa shape index (κ3) is 2.90. The average molecular weight is 275 g/mol. The Hall–Kier alpha value is -1.69. The molecular formula is C14H21N5O. The van der Waals surface area contributed by atoms with Crippen molar-refractivity contribution in [1.29, 1.82) is 0 Å². The fourth-order valence-electron chi connectivity index (χ4n) is 3.04. The van der Waals surface area contributed by atoms with E-state index in [9.17, 15) is 4.79 Å². The third-order valence-electron chi connectivity index (χ3n) is 4.17. The van der Waals surface area contributed by atoms with Gasteiger partial charge in [0.1, 0.15) is 0 Å². The number of hydrogen-bond acceptors (Lipinski definition) is 5. The highest BCUT2D eigenvalue weighted by atomic mass is 16.1. The minimum absolute atomic E-state index is 0.140. The summed E-state index contributed by atoms with van der Waals surface area (Å²) >= 11 is 0. The zero-order valence-electron chi connectivity index (χ0n) is 11.6. The van der Waals surface area contributed by atoms with Crippen molar-refractivity contribution in [2.75, 3.05) is 31.1 Å². The Kier molecular flexibility index (Phi) is 4.11. The van der Waals surface area contributed by atoms with Gasteiger partial charge in [0.05, 0.1) is 5.92 Å². The molecule has 0 aliphatic carbocycles. The molecule has 0 radical (unpaired) electrons. The summed E-state index contributed by atoms with van der Waals surface area (Å²) in [6.07, 6.45) is 4.87. The highest BCUT2D eigenvalue weighted by Crippen LogP contribution is 2.22. The number of nitrogens with zero attached hydrogens (tertiary/aromatic N) is 3. The van der Waals surface area contributed by atoms with Crippen LogP contribution >= 0.6 is 0 Å². The second kappa shape index (κ2) is 6.17. The van der Waals surface area contributed by atoms with E-state index in [1.165, 1.54) is 0 Å². The predicted molar refractivity (Wildman–Crippen MR) is 76.4 cm³/mol. The normalized spacial score (nSPS) is 25.9. The van der Waals surface area contributed by atoms with Gasteiger partial charge in [-0.3, -0.25) is 4.79 Å². The molecule has 3 heterocycles. The van der Waals surface area contributed by atoms with Gasteiger partial charge in [-0.05, 0) is 37.9 Å². The lowest BCUT2D eigenvalue weighted by atomic mass is 10.1. The molecule has 2 unspecified atom stereocenters. The average Bonchev–Trinajstić information content (AvgIpc) is 3.17. The Morgan fingerprint density at radius 3 is 3.20 bits per heavy atom. The van der Waals surface area contributed by atoms with Crippen LogP contribution in [0.2, 0.25) is 0 Å². The molecule has 2 aliphatic rings. The van der Waals surface area contributed by atoms with Gasteiger partial charge in [0.15, 0.2) is 5.82 Å². The van der Waals surface area contributed by atoms with E-state index >= 15 is 0 Å². The van der Waals surface area contributed by atoms with E-state index in [1.807, 2.05) is 12.1 Å². The molecule has 0 saturated carbocycles. The second-order valence-corrected chi connectivity index (χ2v) is 5.51. The zero-order valence-corrected chi connectivity index (χ0v) is 11.6. The first-order valence-electron chi connectivity index (χ1n) is 7.37. The van der Waals surface area contributed by atoms with Crippen LogP contribution in [0.4, 0.5) is 5.82 Å². The summed E-state index contributed by atoms with van der Waals surface area (Å²) in [6, 6.07) is 4.22. The predicted octanol–water partition coefficient (Wildman–Crippen LogP) is 0.171. The number of carbonyl (C=O) groups is 1. The van der Waals surface area contributed by atoms with Crippen LogP contribution in [0.5, 0.6) is 0 Å². The molecule has 2 N–H and O–H groups in total. The van der Waals surface area contributed by atoms with Crippen molar-refractivity contribution in [1.82, 2.24) is 20.8 Å². The molecule has 0 bridgehead atoms. The van der Waals surface area contributed by atoms with Crippen LogP contribution in [0, 0.1) is 5.92 Å². The maximum absolute atomic E-state index is 12.0. The van der Waals surface area contributed by atoms with Crippen LogP contribution in [-0.2, 0) is 4.79 Å². The minimum Gasteiger partial charge on any atom is -0.354 e. The van der Waals surface area contributed by atoms with Crippen LogP contribution in [0.3, 0.4) is 0 Å². The highest BCUT2D eigenvalue weighted by Gasteiger charge is 2.28. The molecule has 2 aliphatic heterocycles. The maximum atomic E-state index is 12.0. The van der Waals surface area contributed by atoms with Crippen molar-refractivity contribution in [3.63, 3.8) is 0 Å². The summed E-state index contributed by atoms with van der Waals surface area (Å²) in [6.45, 7) is 3.45. The molecule has 3 rings (SSSR count). The zero-order chi connectivity index (χ0) is 13.8. The van der Waals surface area contributed by atoms with E-state index < -0.39 is 0 Å². The second-order valence-electron chi connectivity index (χ2n) is 5.51. The van der Waals surface area contributed by atoms with Crippen molar-refractivity contribution in [3.05, 3.63) is 18.3 Å². The summed E-state index contributed by atoms with van der Waals surface area (Å²) in [7, 11) is 0. The standard InChI is InChI=1S/C14H21N5O/c20-14(11-5-7-15-9-11)16-10-12-3-2-8-19(12)13-4-1-6-17-18-13/h1,4,6,11-12,15H,2-3,5,7-10H2,(H,16,20). The Bertz CT molecular complexity index is 446. The topological polar surface area (TPSA) is 70.2 Å². The van der Waals surface area contributed by atoms with Gasteiger partial charge >= 0.3 is 0 Å². The van der Waals surface area contributed by atoms with Crippen LogP contribution < -0.4 is 15.5 Å². The van der Waals surface area contributed by atoms with E-state index in [2.05, 4.69) is 25.7 Å². The molecule has 6 nitrogen and oxygen atoms in total. The molecule has 108 valence electrons. The Balaban J connectivity index is 1.55. The van der Waals surface area contributed by atoms with E-state index in [1.54, 1.807) is 6.20 Å². The number of carbonyl (C=O) groups excluding carboxylic acids is 1. The van der Waals surface area contributed by atoms with Gasteiger partial charge in [-0.15, -0.1) is 5.10 Å². The number of amides is 1. The number of aromatic nitrogens is 2. The molecule has 2 fully saturated rings. The lowest BCUT2D eigenvalue weighted by Gasteiger charge is -2.25. The van der Waals surface area contributed by atoms with Crippen molar-refractivity contribution >= 4 is 11.7 Å². The van der Waals surface area contributed by atoms with E-state index in [4.69, 9.17) is 0 Å². The molecule has 1 aromatic rings. The van der Waals surface area contributed by atoms with Crippen LogP contribution in [-0.4, -0.2) is 48.3 Å². The summed E-state index contributed by atoms with van der Waals surface area (Å²) in [5, 5.41) is 14.4. The van der Waals surface area contributed by atoms with Crippen molar-refractivity contribution in [3.8, 4) is 0 Å². The summed E-state index contributed by atoms with van der Waals surface area (Å²) in [5.74, 6) is 1.23. The first kappa shape index (κ1) is 13.3. The van der Waals surface area contributed by atoms with Crippen molar-refractivity contribution in [2.45, 2.75) is 25.3 Å². The molecule has 0 spiro atoms. The fourth-order valence-corrected chi connectivity index (χ4v) is 3.04. The number of hydrogen-bond donors (Lipinski definition) is 2. The fraction of sp³-hybridized carbons (Fsp3) is 0.643. The lowest BCUT2D eigenvalue weighted by molar-refractivity contribution is -0.124. The minimum atomic E-state index is 0.140. The Morgan fingerprint density at radius 2 is 2.45 bits per heavy atom. The number of rotatable bonds is 4. The van der Waals surface area contributed by atoms with Gasteiger partial charge in [-0.1, -0.05) is 0 Å². The van der Waals surface area contributed by atoms with Gasteiger partial charge in [0, 0.05) is 31.9 Å². The van der Waals surface area contributed by atoms with Crippen LogP contribution in [0.1, 0.15) is 19.3 Å². The molecule has 0 aromatic carbocycles. The summed E-state index contributed by atoms with van der Waals surface area (Å²) in [4.78, 5) is 14.3. The number of nitrogens with one attached hydrogen (secondary N) is 2. The van der Waals surface area contributed by atoms with Crippen molar-refractivity contribution in [2.24, 2.45) is 5.92 Å². The van der Waals surface area contributed by atoms with E-state index in [0.29, 0.717) is 12.6 Å². The SMILES string of the molecule is O=C(NCC1CCCN1c1cccnn1)C1CCNC1. The summed E-state index contributed by atoms with van der Waals surface area (Å²) < 4.78 is 0. The quantitative estimate of drug-likeness (QED) is 0.820. The van der Waals surface area contributed by atoms with Gasteiger partial charge in [0.25, 0.3) is 0 Å². The van der Waals surface area contributed by atoms with E-state index in [0.717, 1.165) is 44.7 Å². The van der Waals surface area contributed by atoms with Crippen molar-refractivity contribution < 1.29 is 4.79 Å². The molecule has 20 heavy (non-hydrogen) atoms. The highest BCUT2D eigenvalue weighted by molar-refractivity contribution is 5.79. The monoisotopic (exact) mass is 275 g/mol. The third-order valence-corrected chi connectivity index (χ3v) is 4.17. The van der Waals surface area contributed by atoms with Gasteiger partial charge in [-0.25, -0.2) is 0 Å². The smallest absolute Gasteiger partial charge is 0.224 e. The first-order chi connectivity index (χ1) is 9.84. The maximum Gasteiger partial charge on any atom is 0.224 e. The summed E-state index contributed by atoms with van der Waals surface area (Å²) in [5.41, 5.74) is 0. The van der Waals surface area contributed by atoms with Gasteiger partial charge < -0.3 is 15.5 Å². The molecule has 1 amide bonds. The molecule has 6 heteroatoms. The van der Waals surface area contributed by atoms with Gasteiger partial charge in [-0.2, -0.15) is 5.10 Å². The van der Waals surface area contributed by atoms with Crippen LogP contribution in [0.25, 0.3) is 0 Å². The van der Waals surface area contributed by atoms with E-state index in [-0.39, 0.29) is 11.8 Å².